The van der Waals surface area contributed by atoms with E-state index < -0.39 is 74.3 Å². The molecule has 2 aromatic rings. The molecule has 1 aromatic heterocycles. The number of nitrogens with zero attached hydrogens (tertiary/aromatic N) is 2. The molecule has 7 rings (SSSR count). The lowest BCUT2D eigenvalue weighted by atomic mass is 10.0. The third-order valence-electron chi connectivity index (χ3n) is 10.7. The van der Waals surface area contributed by atoms with E-state index in [1.165, 1.54) is 10.5 Å². The van der Waals surface area contributed by atoms with Gasteiger partial charge in [0, 0.05) is 23.4 Å². The molecule has 5 aliphatic rings. The highest BCUT2D eigenvalue weighted by Crippen LogP contribution is 2.46. The molecular weight excluding hydrogens is 687 g/mol. The monoisotopic (exact) mass is 735 g/mol. The number of hydrogen-bond donors (Lipinski definition) is 3. The summed E-state index contributed by atoms with van der Waals surface area (Å²) in [6, 6.07) is 5.89. The number of rotatable bonds is 6. The third kappa shape index (κ3) is 7.62. The Morgan fingerprint density at radius 3 is 2.54 bits per heavy atom. The van der Waals surface area contributed by atoms with Crippen LogP contribution in [0.3, 0.4) is 0 Å². The first-order chi connectivity index (χ1) is 24.7. The summed E-state index contributed by atoms with van der Waals surface area (Å²) in [4.78, 5) is 61.9. The second-order valence-electron chi connectivity index (χ2n) is 15.9. The van der Waals surface area contributed by atoms with Gasteiger partial charge in [0.05, 0.1) is 11.8 Å². The fraction of sp³-hybridized carbons (Fsp3) is 0.605. The number of aromatic nitrogens is 1. The molecule has 13 nitrogen and oxygen atoms in total. The van der Waals surface area contributed by atoms with Gasteiger partial charge in [-0.1, -0.05) is 43.2 Å². The maximum Gasteiger partial charge on any atom is 0.408 e. The normalized spacial score (nSPS) is 28.1. The quantitative estimate of drug-likeness (QED) is 0.371. The Balaban J connectivity index is 1.20. The van der Waals surface area contributed by atoms with Crippen molar-refractivity contribution in [3.05, 3.63) is 47.7 Å². The largest absolute Gasteiger partial charge is 0.472 e. The lowest BCUT2D eigenvalue weighted by Gasteiger charge is -2.30. The molecule has 3 fully saturated rings. The fourth-order valence-corrected chi connectivity index (χ4v) is 9.17. The lowest BCUT2D eigenvalue weighted by molar-refractivity contribution is -0.141. The van der Waals surface area contributed by atoms with Crippen molar-refractivity contribution in [2.45, 2.75) is 132 Å². The summed E-state index contributed by atoms with van der Waals surface area (Å²) in [6.45, 7) is 5.26. The summed E-state index contributed by atoms with van der Waals surface area (Å²) in [5.41, 5.74) is -0.0652. The van der Waals surface area contributed by atoms with E-state index in [9.17, 15) is 27.6 Å². The number of sulfonamides is 1. The van der Waals surface area contributed by atoms with Gasteiger partial charge in [-0.2, -0.15) is 0 Å². The van der Waals surface area contributed by atoms with Crippen LogP contribution in [0.4, 0.5) is 4.79 Å². The zero-order chi connectivity index (χ0) is 36.8. The highest BCUT2D eigenvalue weighted by atomic mass is 32.2. The number of benzene rings is 1. The summed E-state index contributed by atoms with van der Waals surface area (Å²) in [5.74, 6) is -1.79. The number of pyridine rings is 1. The van der Waals surface area contributed by atoms with Crippen LogP contribution in [-0.2, 0) is 42.0 Å². The van der Waals surface area contributed by atoms with Crippen LogP contribution < -0.4 is 20.1 Å². The summed E-state index contributed by atoms with van der Waals surface area (Å²) in [7, 11) is -3.87. The van der Waals surface area contributed by atoms with E-state index in [1.54, 1.807) is 20.8 Å². The van der Waals surface area contributed by atoms with Crippen LogP contribution in [0.25, 0.3) is 10.8 Å². The number of amides is 4. The van der Waals surface area contributed by atoms with Gasteiger partial charge in [-0.15, -0.1) is 0 Å². The SMILES string of the molecule is CC(C)(C)OC(=O)N[C@H]1CCCCCC=C[C@@H]2C[C@@]2(C(=O)NS(=O)(=O)C2CC2)NC(=O)[C@@H]2C[C@@H](Oc3nc4c(c5ccccc35)CCC4)CN2C1=O. The van der Waals surface area contributed by atoms with Crippen LogP contribution in [0.5, 0.6) is 5.88 Å². The average molecular weight is 736 g/mol. The van der Waals surface area contributed by atoms with Crippen molar-refractivity contribution in [3.63, 3.8) is 0 Å². The highest BCUT2D eigenvalue weighted by Gasteiger charge is 2.62. The lowest BCUT2D eigenvalue weighted by Crippen LogP contribution is -2.58. The van der Waals surface area contributed by atoms with Crippen molar-refractivity contribution >= 4 is 44.6 Å². The molecule has 52 heavy (non-hydrogen) atoms. The van der Waals surface area contributed by atoms with Crippen molar-refractivity contribution in [3.8, 4) is 5.88 Å². The smallest absolute Gasteiger partial charge is 0.408 e. The van der Waals surface area contributed by atoms with Gasteiger partial charge in [-0.25, -0.2) is 18.2 Å². The molecule has 1 saturated heterocycles. The summed E-state index contributed by atoms with van der Waals surface area (Å²) < 4.78 is 40.0. The van der Waals surface area contributed by atoms with Gasteiger partial charge in [-0.3, -0.25) is 19.1 Å². The highest BCUT2D eigenvalue weighted by molar-refractivity contribution is 7.91. The molecule has 1 aromatic carbocycles. The molecule has 3 aliphatic carbocycles. The topological polar surface area (TPSA) is 173 Å². The zero-order valence-electron chi connectivity index (χ0n) is 30.1. The van der Waals surface area contributed by atoms with Gasteiger partial charge in [0.1, 0.15) is 29.3 Å². The molecule has 280 valence electrons. The molecule has 4 amide bonds. The first kappa shape index (κ1) is 36.2. The molecule has 2 aliphatic heterocycles. The number of nitrogens with one attached hydrogen (secondary N) is 3. The Morgan fingerprint density at radius 2 is 1.79 bits per heavy atom. The Labute approximate surface area is 304 Å². The minimum absolute atomic E-state index is 0.0368. The standard InChI is InChI=1S/C38H49N5O8S/c1-37(2,3)51-36(47)40-30-16-8-6-4-5-7-12-23-21-38(23,35(46)42-52(48,49)25-18-19-25)41-32(44)31-20-24(22-43(31)34(30)45)50-33-28-14-10-9-13-26(28)27-15-11-17-29(27)39-33/h7,9-10,12-14,23-25,30-31H,4-6,8,11,15-22H2,1-3H3,(H,40,47)(H,41,44)(H,42,46)/t23-,24-,30+,31+,38-/m1/s1. The number of carbonyl (C=O) groups excluding carboxylic acids is 4. The van der Waals surface area contributed by atoms with Crippen molar-refractivity contribution in [1.29, 1.82) is 0 Å². The Hall–Kier alpha value is -4.20. The average Bonchev–Trinajstić information content (AvgIpc) is 3.96. The molecule has 5 atom stereocenters. The van der Waals surface area contributed by atoms with Crippen LogP contribution in [-0.4, -0.2) is 83.2 Å². The molecular formula is C38H49N5O8S. The second-order valence-corrected chi connectivity index (χ2v) is 17.9. The van der Waals surface area contributed by atoms with E-state index in [0.717, 1.165) is 48.6 Å². The predicted molar refractivity (Wildman–Crippen MR) is 193 cm³/mol. The first-order valence-corrected chi connectivity index (χ1v) is 20.2. The van der Waals surface area contributed by atoms with E-state index in [-0.39, 0.29) is 19.4 Å². The fourth-order valence-electron chi connectivity index (χ4n) is 7.80. The maximum absolute atomic E-state index is 14.5. The molecule has 3 N–H and O–H groups in total. The minimum atomic E-state index is -3.87. The van der Waals surface area contributed by atoms with E-state index in [2.05, 4.69) is 21.4 Å². The Kier molecular flexibility index (Phi) is 9.72. The number of hydrogen-bond acceptors (Lipinski definition) is 9. The zero-order valence-corrected chi connectivity index (χ0v) is 30.9. The van der Waals surface area contributed by atoms with Crippen LogP contribution in [0.2, 0.25) is 0 Å². The van der Waals surface area contributed by atoms with Crippen LogP contribution in [0.1, 0.15) is 96.2 Å². The van der Waals surface area contributed by atoms with Crippen LogP contribution in [0, 0.1) is 5.92 Å². The van der Waals surface area contributed by atoms with E-state index in [0.29, 0.717) is 38.0 Å². The second kappa shape index (κ2) is 14.0. The number of allylic oxidation sites excluding steroid dienone is 1. The van der Waals surface area contributed by atoms with Crippen LogP contribution >= 0.6 is 0 Å². The molecule has 0 unspecified atom stereocenters. The van der Waals surface area contributed by atoms with E-state index in [1.807, 2.05) is 30.4 Å². The van der Waals surface area contributed by atoms with Gasteiger partial charge < -0.3 is 25.0 Å². The minimum Gasteiger partial charge on any atom is -0.472 e. The molecule has 0 bridgehead atoms. The number of alkyl carbamates (subject to hydrolysis) is 1. The molecule has 3 heterocycles. The molecule has 2 saturated carbocycles. The number of aryl methyl sites for hydroxylation is 2. The number of carbonyl (C=O) groups is 4. The van der Waals surface area contributed by atoms with Crippen molar-refractivity contribution < 1.29 is 37.1 Å². The van der Waals surface area contributed by atoms with E-state index in [4.69, 9.17) is 14.5 Å². The van der Waals surface area contributed by atoms with Gasteiger partial charge in [0.2, 0.25) is 27.7 Å². The third-order valence-corrected chi connectivity index (χ3v) is 12.5. The van der Waals surface area contributed by atoms with Crippen molar-refractivity contribution in [2.75, 3.05) is 6.54 Å². The van der Waals surface area contributed by atoms with E-state index >= 15 is 0 Å². The van der Waals surface area contributed by atoms with Crippen molar-refractivity contribution in [2.24, 2.45) is 5.92 Å². The van der Waals surface area contributed by atoms with Crippen molar-refractivity contribution in [1.82, 2.24) is 25.2 Å². The van der Waals surface area contributed by atoms with Gasteiger partial charge in [-0.05, 0) is 95.6 Å². The Bertz CT molecular complexity index is 1900. The molecule has 0 radical (unpaired) electrons. The van der Waals surface area contributed by atoms with Gasteiger partial charge in [0.15, 0.2) is 0 Å². The maximum atomic E-state index is 14.5. The first-order valence-electron chi connectivity index (χ1n) is 18.7. The number of ether oxygens (including phenoxy) is 2. The summed E-state index contributed by atoms with van der Waals surface area (Å²) >= 11 is 0. The summed E-state index contributed by atoms with van der Waals surface area (Å²) in [5, 5.41) is 6.98. The molecule has 0 spiro atoms. The van der Waals surface area contributed by atoms with Gasteiger partial charge >= 0.3 is 6.09 Å². The Morgan fingerprint density at radius 1 is 1.02 bits per heavy atom. The van der Waals surface area contributed by atoms with Crippen LogP contribution in [0.15, 0.2) is 36.4 Å². The summed E-state index contributed by atoms with van der Waals surface area (Å²) in [6.07, 6.45) is 9.83. The predicted octanol–water partition coefficient (Wildman–Crippen LogP) is 3.97. The number of fused-ring (bicyclic) bond motifs is 5. The molecule has 14 heteroatoms. The van der Waals surface area contributed by atoms with Gasteiger partial charge in [0.25, 0.3) is 5.91 Å².